The first-order valence-electron chi connectivity index (χ1n) is 11.1. The van der Waals surface area contributed by atoms with Gasteiger partial charge < -0.3 is 14.5 Å². The molecule has 1 amide bonds. The Labute approximate surface area is 189 Å². The largest absolute Gasteiger partial charge is 0.378 e. The molecule has 1 fully saturated rings. The quantitative estimate of drug-likeness (QED) is 0.594. The van der Waals surface area contributed by atoms with Crippen LogP contribution in [0, 0.1) is 6.92 Å². The van der Waals surface area contributed by atoms with Crippen LogP contribution in [0.2, 0.25) is 0 Å². The summed E-state index contributed by atoms with van der Waals surface area (Å²) < 4.78 is 5.55. The summed E-state index contributed by atoms with van der Waals surface area (Å²) in [6, 6.07) is 18.6. The summed E-state index contributed by atoms with van der Waals surface area (Å²) in [6.07, 6.45) is 0.734. The maximum Gasteiger partial charge on any atom is 0.219 e. The number of methoxy groups -OCH3 is 1. The Morgan fingerprint density at radius 2 is 1.75 bits per heavy atom. The summed E-state index contributed by atoms with van der Waals surface area (Å²) in [5, 5.41) is 0. The third-order valence-electron chi connectivity index (χ3n) is 5.87. The van der Waals surface area contributed by atoms with Gasteiger partial charge in [-0.2, -0.15) is 0 Å². The van der Waals surface area contributed by atoms with Crippen molar-refractivity contribution in [1.82, 2.24) is 14.9 Å². The molecule has 1 saturated heterocycles. The summed E-state index contributed by atoms with van der Waals surface area (Å²) in [5.74, 6) is 1.77. The zero-order valence-corrected chi connectivity index (χ0v) is 19.0. The summed E-state index contributed by atoms with van der Waals surface area (Å²) >= 11 is 0. The van der Waals surface area contributed by atoms with Crippen molar-refractivity contribution >= 4 is 11.7 Å². The number of hydrogen-bond donors (Lipinski definition) is 0. The smallest absolute Gasteiger partial charge is 0.219 e. The molecule has 1 aliphatic rings. The third-order valence-corrected chi connectivity index (χ3v) is 5.87. The van der Waals surface area contributed by atoms with Gasteiger partial charge in [-0.25, -0.2) is 9.97 Å². The van der Waals surface area contributed by atoms with E-state index < -0.39 is 0 Å². The van der Waals surface area contributed by atoms with E-state index in [2.05, 4.69) is 36.1 Å². The van der Waals surface area contributed by atoms with Crippen molar-refractivity contribution < 1.29 is 9.53 Å². The summed E-state index contributed by atoms with van der Waals surface area (Å²) in [4.78, 5) is 26.0. The average molecular weight is 431 g/mol. The fourth-order valence-corrected chi connectivity index (χ4v) is 4.19. The number of ether oxygens (including phenoxy) is 1. The second kappa shape index (κ2) is 9.92. The molecule has 0 saturated carbocycles. The number of anilines is 1. The second-order valence-electron chi connectivity index (χ2n) is 8.25. The Morgan fingerprint density at radius 3 is 2.41 bits per heavy atom. The lowest BCUT2D eigenvalue weighted by molar-refractivity contribution is -0.129. The molecule has 2 heterocycles. The summed E-state index contributed by atoms with van der Waals surface area (Å²) in [5.41, 5.74) is 5.44. The first kappa shape index (κ1) is 22.0. The van der Waals surface area contributed by atoms with Crippen molar-refractivity contribution in [3.05, 3.63) is 77.0 Å². The maximum atomic E-state index is 11.8. The van der Waals surface area contributed by atoms with Crippen LogP contribution in [0.15, 0.2) is 54.6 Å². The first-order valence-corrected chi connectivity index (χ1v) is 11.1. The molecule has 0 spiro atoms. The highest BCUT2D eigenvalue weighted by Crippen LogP contribution is 2.29. The highest BCUT2D eigenvalue weighted by Gasteiger charge is 2.25. The predicted octanol–water partition coefficient (Wildman–Crippen LogP) is 3.86. The van der Waals surface area contributed by atoms with E-state index >= 15 is 0 Å². The fraction of sp³-hybridized carbons (Fsp3) is 0.346. The van der Waals surface area contributed by atoms with E-state index in [1.54, 1.807) is 14.0 Å². The van der Waals surface area contributed by atoms with E-state index in [-0.39, 0.29) is 5.91 Å². The van der Waals surface area contributed by atoms with Crippen LogP contribution in [0.1, 0.15) is 29.3 Å². The number of nitrogens with zero attached hydrogens (tertiary/aromatic N) is 4. The Morgan fingerprint density at radius 1 is 1.00 bits per heavy atom. The van der Waals surface area contributed by atoms with Gasteiger partial charge >= 0.3 is 0 Å². The van der Waals surface area contributed by atoms with Crippen LogP contribution in [-0.4, -0.2) is 54.1 Å². The zero-order chi connectivity index (χ0) is 22.5. The number of piperazine rings is 1. The molecule has 3 aromatic rings. The number of aryl methyl sites for hydroxylation is 1. The van der Waals surface area contributed by atoms with Crippen molar-refractivity contribution in [2.45, 2.75) is 26.9 Å². The van der Waals surface area contributed by atoms with Crippen LogP contribution >= 0.6 is 0 Å². The Kier molecular flexibility index (Phi) is 6.81. The molecule has 0 bridgehead atoms. The fourth-order valence-electron chi connectivity index (χ4n) is 4.19. The minimum absolute atomic E-state index is 0.123. The minimum atomic E-state index is 0.123. The molecule has 32 heavy (non-hydrogen) atoms. The Bertz CT molecular complexity index is 1080. The summed E-state index contributed by atoms with van der Waals surface area (Å²) in [6.45, 7) is 7.05. The average Bonchev–Trinajstić information content (AvgIpc) is 2.81. The molecule has 2 aromatic carbocycles. The van der Waals surface area contributed by atoms with Crippen LogP contribution in [0.4, 0.5) is 5.82 Å². The lowest BCUT2D eigenvalue weighted by Gasteiger charge is -2.36. The van der Waals surface area contributed by atoms with Gasteiger partial charge in [0.25, 0.3) is 0 Å². The van der Waals surface area contributed by atoms with Crippen LogP contribution in [0.5, 0.6) is 0 Å². The number of carbonyl (C=O) groups excluding carboxylic acids is 1. The molecule has 0 radical (unpaired) electrons. The highest BCUT2D eigenvalue weighted by molar-refractivity contribution is 5.73. The lowest BCUT2D eigenvalue weighted by atomic mass is 10.0. The Hall–Kier alpha value is -3.25. The van der Waals surface area contributed by atoms with E-state index in [4.69, 9.17) is 14.7 Å². The van der Waals surface area contributed by atoms with Crippen LogP contribution < -0.4 is 4.90 Å². The number of amides is 1. The number of hydrogen-bond acceptors (Lipinski definition) is 5. The minimum Gasteiger partial charge on any atom is -0.378 e. The molecule has 6 heteroatoms. The monoisotopic (exact) mass is 430 g/mol. The van der Waals surface area contributed by atoms with Crippen LogP contribution in [0.25, 0.3) is 11.4 Å². The highest BCUT2D eigenvalue weighted by atomic mass is 16.5. The Balaban J connectivity index is 1.79. The zero-order valence-electron chi connectivity index (χ0n) is 19.0. The van der Waals surface area contributed by atoms with Crippen molar-refractivity contribution in [3.8, 4) is 11.4 Å². The maximum absolute atomic E-state index is 11.8. The SMILES string of the molecule is COCc1nc(-c2ccccc2)nc(N2CCN(C(C)=O)CC2)c1Cc1cccc(C)c1. The van der Waals surface area contributed by atoms with Crippen molar-refractivity contribution in [2.75, 3.05) is 38.2 Å². The van der Waals surface area contributed by atoms with Gasteiger partial charge in [-0.05, 0) is 12.5 Å². The van der Waals surface area contributed by atoms with Gasteiger partial charge in [-0.1, -0.05) is 60.2 Å². The van der Waals surface area contributed by atoms with Gasteiger partial charge in [0.05, 0.1) is 12.3 Å². The standard InChI is InChI=1S/C26H30N4O2/c1-19-8-7-9-21(16-19)17-23-24(18-32-3)27-25(22-10-5-4-6-11-22)28-26(23)30-14-12-29(13-15-30)20(2)31/h4-11,16H,12-15,17-18H2,1-3H3. The van der Waals surface area contributed by atoms with Crippen molar-refractivity contribution in [2.24, 2.45) is 0 Å². The normalized spacial score (nSPS) is 14.0. The van der Waals surface area contributed by atoms with E-state index in [1.807, 2.05) is 35.2 Å². The van der Waals surface area contributed by atoms with E-state index in [9.17, 15) is 4.79 Å². The molecule has 1 aromatic heterocycles. The number of aromatic nitrogens is 2. The van der Waals surface area contributed by atoms with Gasteiger partial charge in [-0.15, -0.1) is 0 Å². The molecule has 4 rings (SSSR count). The van der Waals surface area contributed by atoms with Gasteiger partial charge in [-0.3, -0.25) is 4.79 Å². The number of benzene rings is 2. The van der Waals surface area contributed by atoms with Gasteiger partial charge in [0.1, 0.15) is 5.82 Å². The molecule has 0 aliphatic carbocycles. The van der Waals surface area contributed by atoms with Gasteiger partial charge in [0.2, 0.25) is 5.91 Å². The van der Waals surface area contributed by atoms with Gasteiger partial charge in [0.15, 0.2) is 5.82 Å². The first-order chi connectivity index (χ1) is 15.5. The predicted molar refractivity (Wildman–Crippen MR) is 127 cm³/mol. The van der Waals surface area contributed by atoms with Crippen LogP contribution in [-0.2, 0) is 22.6 Å². The molecular formula is C26H30N4O2. The van der Waals surface area contributed by atoms with E-state index in [0.717, 1.165) is 42.1 Å². The molecule has 6 nitrogen and oxygen atoms in total. The number of rotatable bonds is 6. The van der Waals surface area contributed by atoms with Crippen molar-refractivity contribution in [1.29, 1.82) is 0 Å². The molecular weight excluding hydrogens is 400 g/mol. The molecule has 0 atom stereocenters. The second-order valence-corrected chi connectivity index (χ2v) is 8.25. The molecule has 166 valence electrons. The molecule has 0 N–H and O–H groups in total. The van der Waals surface area contributed by atoms with Crippen molar-refractivity contribution in [3.63, 3.8) is 0 Å². The van der Waals surface area contributed by atoms with E-state index in [1.165, 1.54) is 11.1 Å². The van der Waals surface area contributed by atoms with Crippen LogP contribution in [0.3, 0.4) is 0 Å². The van der Waals surface area contributed by atoms with Gasteiger partial charge in [0, 0.05) is 57.8 Å². The topological polar surface area (TPSA) is 58.6 Å². The lowest BCUT2D eigenvalue weighted by Crippen LogP contribution is -2.48. The summed E-state index contributed by atoms with van der Waals surface area (Å²) in [7, 11) is 1.70. The number of carbonyl (C=O) groups is 1. The third kappa shape index (κ3) is 4.97. The molecule has 0 unspecified atom stereocenters. The van der Waals surface area contributed by atoms with E-state index in [0.29, 0.717) is 25.5 Å². The molecule has 1 aliphatic heterocycles.